The van der Waals surface area contributed by atoms with Gasteiger partial charge in [-0.2, -0.15) is 0 Å². The van der Waals surface area contributed by atoms with Crippen LogP contribution in [0.4, 0.5) is 0 Å². The van der Waals surface area contributed by atoms with Crippen molar-refractivity contribution in [2.24, 2.45) is 0 Å². The van der Waals surface area contributed by atoms with E-state index in [1.54, 1.807) is 17.6 Å². The van der Waals surface area contributed by atoms with Crippen molar-refractivity contribution < 1.29 is 8.94 Å². The van der Waals surface area contributed by atoms with E-state index in [1.807, 2.05) is 25.1 Å². The van der Waals surface area contributed by atoms with Gasteiger partial charge in [0.25, 0.3) is 0 Å². The molecule has 1 fully saturated rings. The zero-order valence-corrected chi connectivity index (χ0v) is 14.5. The largest absolute Gasteiger partial charge is 0.462 e. The first-order chi connectivity index (χ1) is 11.8. The van der Waals surface area contributed by atoms with Crippen LogP contribution in [0, 0.1) is 6.92 Å². The van der Waals surface area contributed by atoms with E-state index < -0.39 is 0 Å². The van der Waals surface area contributed by atoms with Crippen molar-refractivity contribution in [2.45, 2.75) is 20.0 Å². The van der Waals surface area contributed by atoms with E-state index in [0.717, 1.165) is 67.2 Å². The quantitative estimate of drug-likeness (QED) is 0.709. The second-order valence-electron chi connectivity index (χ2n) is 6.10. The van der Waals surface area contributed by atoms with Crippen LogP contribution in [0.3, 0.4) is 0 Å². The molecular weight excluding hydrogens is 324 g/mol. The molecule has 0 aliphatic carbocycles. The highest BCUT2D eigenvalue weighted by Crippen LogP contribution is 2.24. The maximum absolute atomic E-state index is 5.41. The van der Waals surface area contributed by atoms with Crippen LogP contribution in [0.5, 0.6) is 0 Å². The van der Waals surface area contributed by atoms with E-state index in [0.29, 0.717) is 0 Å². The number of aryl methyl sites for hydroxylation is 1. The van der Waals surface area contributed by atoms with Crippen molar-refractivity contribution >= 4 is 11.3 Å². The van der Waals surface area contributed by atoms with Gasteiger partial charge in [0, 0.05) is 50.7 Å². The third kappa shape index (κ3) is 3.58. The van der Waals surface area contributed by atoms with Crippen LogP contribution in [-0.4, -0.2) is 46.1 Å². The maximum Gasteiger partial charge on any atom is 0.162 e. The van der Waals surface area contributed by atoms with Gasteiger partial charge in [-0.1, -0.05) is 5.16 Å². The minimum atomic E-state index is 0.846. The minimum Gasteiger partial charge on any atom is -0.462 e. The molecule has 7 heteroatoms. The summed E-state index contributed by atoms with van der Waals surface area (Å²) < 4.78 is 10.5. The van der Waals surface area contributed by atoms with Gasteiger partial charge in [-0.05, 0) is 19.1 Å². The molecule has 0 unspecified atom stereocenters. The molecule has 0 saturated carbocycles. The molecule has 3 aromatic rings. The highest BCUT2D eigenvalue weighted by atomic mass is 32.1. The molecule has 0 atom stereocenters. The molecule has 126 valence electrons. The first-order valence-corrected chi connectivity index (χ1v) is 8.99. The van der Waals surface area contributed by atoms with Gasteiger partial charge in [0.15, 0.2) is 10.8 Å². The molecule has 6 nitrogen and oxygen atoms in total. The number of furan rings is 1. The molecule has 0 spiro atoms. The average Bonchev–Trinajstić information content (AvgIpc) is 3.31. The maximum atomic E-state index is 5.41. The predicted octanol–water partition coefficient (Wildman–Crippen LogP) is 3.02. The Morgan fingerprint density at radius 2 is 1.88 bits per heavy atom. The highest BCUT2D eigenvalue weighted by molar-refractivity contribution is 7.13. The van der Waals surface area contributed by atoms with Gasteiger partial charge in [-0.15, -0.1) is 11.3 Å². The van der Waals surface area contributed by atoms with Gasteiger partial charge in [-0.25, -0.2) is 4.98 Å². The Morgan fingerprint density at radius 1 is 1.12 bits per heavy atom. The summed E-state index contributed by atoms with van der Waals surface area (Å²) in [5.74, 6) is 1.72. The zero-order chi connectivity index (χ0) is 16.4. The molecule has 4 rings (SSSR count). The highest BCUT2D eigenvalue weighted by Gasteiger charge is 2.19. The van der Waals surface area contributed by atoms with E-state index >= 15 is 0 Å². The lowest BCUT2D eigenvalue weighted by Gasteiger charge is -2.33. The summed E-state index contributed by atoms with van der Waals surface area (Å²) in [4.78, 5) is 9.55. The monoisotopic (exact) mass is 344 g/mol. The molecule has 0 N–H and O–H groups in total. The van der Waals surface area contributed by atoms with E-state index in [-0.39, 0.29) is 0 Å². The van der Waals surface area contributed by atoms with Crippen LogP contribution >= 0.6 is 11.3 Å². The summed E-state index contributed by atoms with van der Waals surface area (Å²) in [6, 6.07) is 5.86. The van der Waals surface area contributed by atoms with Gasteiger partial charge in [0.05, 0.1) is 17.7 Å². The van der Waals surface area contributed by atoms with E-state index in [4.69, 9.17) is 8.94 Å². The lowest BCUT2D eigenvalue weighted by Crippen LogP contribution is -2.45. The van der Waals surface area contributed by atoms with Gasteiger partial charge in [0.2, 0.25) is 0 Å². The third-order valence-corrected chi connectivity index (χ3v) is 5.10. The molecule has 0 radical (unpaired) electrons. The lowest BCUT2D eigenvalue weighted by atomic mass is 10.2. The van der Waals surface area contributed by atoms with Crippen LogP contribution in [0.25, 0.3) is 10.8 Å². The van der Waals surface area contributed by atoms with Crippen molar-refractivity contribution in [2.75, 3.05) is 26.2 Å². The number of hydrogen-bond acceptors (Lipinski definition) is 7. The van der Waals surface area contributed by atoms with Crippen molar-refractivity contribution in [3.05, 3.63) is 47.0 Å². The fraction of sp³-hybridized carbons (Fsp3) is 0.412. The molecule has 24 heavy (non-hydrogen) atoms. The molecule has 0 bridgehead atoms. The summed E-state index contributed by atoms with van der Waals surface area (Å²) in [5, 5.41) is 7.16. The minimum absolute atomic E-state index is 0.846. The Labute approximate surface area is 144 Å². The van der Waals surface area contributed by atoms with Crippen molar-refractivity contribution in [1.29, 1.82) is 0 Å². The van der Waals surface area contributed by atoms with Crippen molar-refractivity contribution in [3.63, 3.8) is 0 Å². The molecule has 1 aliphatic rings. The summed E-state index contributed by atoms with van der Waals surface area (Å²) in [7, 11) is 0. The summed E-state index contributed by atoms with van der Waals surface area (Å²) in [5.41, 5.74) is 2.13. The van der Waals surface area contributed by atoms with Gasteiger partial charge >= 0.3 is 0 Å². The average molecular weight is 344 g/mol. The van der Waals surface area contributed by atoms with E-state index in [1.165, 1.54) is 0 Å². The fourth-order valence-corrected chi connectivity index (χ4v) is 3.73. The van der Waals surface area contributed by atoms with Gasteiger partial charge < -0.3 is 8.94 Å². The van der Waals surface area contributed by atoms with Crippen molar-refractivity contribution in [1.82, 2.24) is 19.9 Å². The van der Waals surface area contributed by atoms with Gasteiger partial charge in [-0.3, -0.25) is 9.80 Å². The molecule has 1 aliphatic heterocycles. The first kappa shape index (κ1) is 15.6. The second kappa shape index (κ2) is 6.88. The number of thiazole rings is 1. The Hall–Kier alpha value is -1.96. The molecule has 1 saturated heterocycles. The Balaban J connectivity index is 1.29. The van der Waals surface area contributed by atoms with Crippen LogP contribution in [-0.2, 0) is 13.1 Å². The number of rotatable bonds is 5. The van der Waals surface area contributed by atoms with Crippen LogP contribution in [0.2, 0.25) is 0 Å². The number of piperazine rings is 1. The first-order valence-electron chi connectivity index (χ1n) is 8.11. The predicted molar refractivity (Wildman–Crippen MR) is 91.6 cm³/mol. The van der Waals surface area contributed by atoms with E-state index in [9.17, 15) is 0 Å². The summed E-state index contributed by atoms with van der Waals surface area (Å²) in [6.45, 7) is 7.87. The molecule has 3 aromatic heterocycles. The van der Waals surface area contributed by atoms with Crippen LogP contribution in [0.15, 0.2) is 38.8 Å². The smallest absolute Gasteiger partial charge is 0.162 e. The van der Waals surface area contributed by atoms with Crippen LogP contribution in [0.1, 0.15) is 17.1 Å². The van der Waals surface area contributed by atoms with Gasteiger partial charge in [0.1, 0.15) is 5.76 Å². The van der Waals surface area contributed by atoms with E-state index in [2.05, 4.69) is 25.3 Å². The number of nitrogens with zero attached hydrogens (tertiary/aromatic N) is 4. The summed E-state index contributed by atoms with van der Waals surface area (Å²) >= 11 is 1.64. The molecular formula is C17H20N4O2S. The standard InChI is InChI=1S/C17H20N4O2S/c1-13-9-14(19-23-13)10-20-4-6-21(7-5-20)11-15-12-24-17(18-15)16-3-2-8-22-16/h2-3,8-9,12H,4-7,10-11H2,1H3. The molecule has 0 amide bonds. The molecule has 0 aromatic carbocycles. The Kier molecular flexibility index (Phi) is 4.46. The topological polar surface area (TPSA) is 58.5 Å². The Bertz CT molecular complexity index is 772. The number of hydrogen-bond donors (Lipinski definition) is 0. The zero-order valence-electron chi connectivity index (χ0n) is 13.6. The number of aromatic nitrogens is 2. The fourth-order valence-electron chi connectivity index (χ4n) is 2.95. The SMILES string of the molecule is Cc1cc(CN2CCN(Cc3csc(-c4ccco4)n3)CC2)no1. The normalized spacial score (nSPS) is 16.7. The second-order valence-corrected chi connectivity index (χ2v) is 6.96. The lowest BCUT2D eigenvalue weighted by molar-refractivity contribution is 0.119. The third-order valence-electron chi connectivity index (χ3n) is 4.20. The summed E-state index contributed by atoms with van der Waals surface area (Å²) in [6.07, 6.45) is 1.69. The van der Waals surface area contributed by atoms with Crippen molar-refractivity contribution in [3.8, 4) is 10.8 Å². The Morgan fingerprint density at radius 3 is 2.50 bits per heavy atom. The van der Waals surface area contributed by atoms with Crippen LogP contribution < -0.4 is 0 Å². The molecule has 4 heterocycles.